The van der Waals surface area contributed by atoms with Crippen LogP contribution in [0.1, 0.15) is 27.9 Å². The molecule has 1 aliphatic rings. The van der Waals surface area contributed by atoms with Crippen LogP contribution in [0.25, 0.3) is 0 Å². The zero-order chi connectivity index (χ0) is 23.5. The number of amides is 3. The van der Waals surface area contributed by atoms with Gasteiger partial charge in [-0.3, -0.25) is 9.69 Å². The molecular weight excluding hydrogens is 431 g/mol. The van der Waals surface area contributed by atoms with Gasteiger partial charge in [-0.25, -0.2) is 18.0 Å². The molecule has 1 heterocycles. The molecule has 170 valence electrons. The molecular formula is C25H22F3N3O2. The lowest BCUT2D eigenvalue weighted by Gasteiger charge is -2.36. The van der Waals surface area contributed by atoms with E-state index in [0.717, 1.165) is 23.8 Å². The summed E-state index contributed by atoms with van der Waals surface area (Å²) in [7, 11) is 0. The molecule has 8 heteroatoms. The Morgan fingerprint density at radius 1 is 0.970 bits per heavy atom. The Morgan fingerprint density at radius 2 is 1.76 bits per heavy atom. The van der Waals surface area contributed by atoms with Crippen molar-refractivity contribution in [2.24, 2.45) is 0 Å². The summed E-state index contributed by atoms with van der Waals surface area (Å²) in [6.45, 7) is 2.52. The number of carbonyl (C=O) groups is 2. The van der Waals surface area contributed by atoms with E-state index in [1.165, 1.54) is 28.0 Å². The molecule has 3 aromatic rings. The molecule has 0 bridgehead atoms. The number of urea groups is 1. The quantitative estimate of drug-likeness (QED) is 0.555. The average molecular weight is 453 g/mol. The van der Waals surface area contributed by atoms with Gasteiger partial charge in [-0.15, -0.1) is 0 Å². The Kier molecular flexibility index (Phi) is 6.35. The van der Waals surface area contributed by atoms with Crippen molar-refractivity contribution in [1.29, 1.82) is 0 Å². The first-order chi connectivity index (χ1) is 15.8. The van der Waals surface area contributed by atoms with Gasteiger partial charge in [0.1, 0.15) is 17.5 Å². The van der Waals surface area contributed by atoms with Crippen molar-refractivity contribution in [1.82, 2.24) is 4.90 Å². The lowest BCUT2D eigenvalue weighted by Crippen LogP contribution is -2.49. The predicted molar refractivity (Wildman–Crippen MR) is 120 cm³/mol. The van der Waals surface area contributed by atoms with Crippen molar-refractivity contribution < 1.29 is 22.8 Å². The van der Waals surface area contributed by atoms with Crippen molar-refractivity contribution in [2.45, 2.75) is 19.9 Å². The molecule has 3 amide bonds. The van der Waals surface area contributed by atoms with Crippen LogP contribution in [0.2, 0.25) is 0 Å². The van der Waals surface area contributed by atoms with Crippen LogP contribution in [-0.4, -0.2) is 29.9 Å². The standard InChI is InChI=1S/C25H22F3N3O2/c1-16-7-10-23(22(13-16)29-24(32)19-5-2-3-6-21(19)28)31-12-4-11-30(25(31)33)15-17-14-18(26)8-9-20(17)27/h2-3,5-10,13-14H,4,11-12,15H2,1H3,(H,29,32). The minimum atomic E-state index is -0.651. The van der Waals surface area contributed by atoms with Gasteiger partial charge in [0.2, 0.25) is 0 Å². The fraction of sp³-hybridized carbons (Fsp3) is 0.200. The van der Waals surface area contributed by atoms with Crippen LogP contribution in [0.15, 0.2) is 60.7 Å². The maximum Gasteiger partial charge on any atom is 0.324 e. The number of rotatable bonds is 5. The van der Waals surface area contributed by atoms with Crippen LogP contribution in [-0.2, 0) is 6.54 Å². The van der Waals surface area contributed by atoms with Crippen LogP contribution >= 0.6 is 0 Å². The van der Waals surface area contributed by atoms with Crippen molar-refractivity contribution in [3.05, 3.63) is 94.8 Å². The van der Waals surface area contributed by atoms with Crippen LogP contribution < -0.4 is 10.2 Å². The molecule has 0 spiro atoms. The largest absolute Gasteiger partial charge is 0.324 e. The van der Waals surface area contributed by atoms with E-state index in [1.807, 2.05) is 6.92 Å². The lowest BCUT2D eigenvalue weighted by atomic mass is 10.1. The number of aryl methyl sites for hydroxylation is 1. The smallest absolute Gasteiger partial charge is 0.320 e. The normalized spacial score (nSPS) is 13.9. The van der Waals surface area contributed by atoms with Crippen molar-refractivity contribution >= 4 is 23.3 Å². The molecule has 0 atom stereocenters. The third kappa shape index (κ3) is 4.84. The monoisotopic (exact) mass is 453 g/mol. The molecule has 0 aromatic heterocycles. The first-order valence-electron chi connectivity index (χ1n) is 10.5. The Balaban J connectivity index is 1.60. The molecule has 3 aromatic carbocycles. The summed E-state index contributed by atoms with van der Waals surface area (Å²) in [4.78, 5) is 28.8. The van der Waals surface area contributed by atoms with Gasteiger partial charge in [0.25, 0.3) is 5.91 Å². The van der Waals surface area contributed by atoms with Gasteiger partial charge in [-0.05, 0) is 61.4 Å². The first-order valence-corrected chi connectivity index (χ1v) is 10.5. The zero-order valence-corrected chi connectivity index (χ0v) is 17.9. The molecule has 0 aliphatic carbocycles. The predicted octanol–water partition coefficient (Wildman–Crippen LogP) is 5.50. The summed E-state index contributed by atoms with van der Waals surface area (Å²) in [6, 6.07) is 13.6. The Bertz CT molecular complexity index is 1220. The summed E-state index contributed by atoms with van der Waals surface area (Å²) < 4.78 is 41.8. The highest BCUT2D eigenvalue weighted by atomic mass is 19.1. The van der Waals surface area contributed by atoms with E-state index in [9.17, 15) is 22.8 Å². The van der Waals surface area contributed by atoms with E-state index >= 15 is 0 Å². The van der Waals surface area contributed by atoms with Crippen LogP contribution in [0.5, 0.6) is 0 Å². The highest BCUT2D eigenvalue weighted by Gasteiger charge is 2.29. The van der Waals surface area contributed by atoms with Gasteiger partial charge in [-0.2, -0.15) is 0 Å². The summed E-state index contributed by atoms with van der Waals surface area (Å²) in [6.07, 6.45) is 0.594. The van der Waals surface area contributed by atoms with Crippen molar-refractivity contribution in [3.63, 3.8) is 0 Å². The van der Waals surface area contributed by atoms with Gasteiger partial charge in [0.05, 0.1) is 23.5 Å². The Hall–Kier alpha value is -3.81. The van der Waals surface area contributed by atoms with Crippen molar-refractivity contribution in [3.8, 4) is 0 Å². The molecule has 1 aliphatic heterocycles. The molecule has 0 unspecified atom stereocenters. The highest BCUT2D eigenvalue weighted by molar-refractivity contribution is 6.07. The molecule has 5 nitrogen and oxygen atoms in total. The SMILES string of the molecule is Cc1ccc(N2CCCN(Cc3cc(F)ccc3F)C2=O)c(NC(=O)c2ccccc2F)c1. The number of hydrogen-bond donors (Lipinski definition) is 1. The summed E-state index contributed by atoms with van der Waals surface area (Å²) in [5.74, 6) is -2.46. The molecule has 4 rings (SSSR count). The average Bonchev–Trinajstić information content (AvgIpc) is 2.78. The second-order valence-corrected chi connectivity index (χ2v) is 7.90. The topological polar surface area (TPSA) is 52.6 Å². The molecule has 1 N–H and O–H groups in total. The Morgan fingerprint density at radius 3 is 2.55 bits per heavy atom. The first kappa shape index (κ1) is 22.4. The van der Waals surface area contributed by atoms with Gasteiger partial charge in [0, 0.05) is 18.7 Å². The lowest BCUT2D eigenvalue weighted by molar-refractivity contribution is 0.102. The molecule has 33 heavy (non-hydrogen) atoms. The number of anilines is 2. The summed E-state index contributed by atoms with van der Waals surface area (Å²) in [5.41, 5.74) is 1.61. The third-order valence-corrected chi connectivity index (χ3v) is 5.49. The van der Waals surface area contributed by atoms with Crippen LogP contribution in [0.4, 0.5) is 29.3 Å². The highest BCUT2D eigenvalue weighted by Crippen LogP contribution is 2.31. The van der Waals surface area contributed by atoms with Gasteiger partial charge >= 0.3 is 6.03 Å². The Labute approximate surface area is 189 Å². The van der Waals surface area contributed by atoms with E-state index in [1.54, 1.807) is 24.3 Å². The number of hydrogen-bond acceptors (Lipinski definition) is 2. The fourth-order valence-electron chi connectivity index (χ4n) is 3.84. The van der Waals surface area contributed by atoms with E-state index in [4.69, 9.17) is 0 Å². The minimum Gasteiger partial charge on any atom is -0.320 e. The molecule has 0 radical (unpaired) electrons. The molecule has 1 fully saturated rings. The van der Waals surface area contributed by atoms with E-state index in [2.05, 4.69) is 5.32 Å². The van der Waals surface area contributed by atoms with Crippen LogP contribution in [0.3, 0.4) is 0 Å². The number of nitrogens with one attached hydrogen (secondary N) is 1. The maximum atomic E-state index is 14.1. The molecule has 0 saturated carbocycles. The van der Waals surface area contributed by atoms with Gasteiger partial charge in [0.15, 0.2) is 0 Å². The summed E-state index contributed by atoms with van der Waals surface area (Å²) in [5, 5.41) is 2.71. The van der Waals surface area contributed by atoms with Crippen molar-refractivity contribution in [2.75, 3.05) is 23.3 Å². The molecule has 1 saturated heterocycles. The minimum absolute atomic E-state index is 0.0816. The maximum absolute atomic E-state index is 14.1. The number of benzene rings is 3. The van der Waals surface area contributed by atoms with E-state index in [0.29, 0.717) is 30.9 Å². The fourth-order valence-corrected chi connectivity index (χ4v) is 3.84. The van der Waals surface area contributed by atoms with Gasteiger partial charge in [-0.1, -0.05) is 18.2 Å². The zero-order valence-electron chi connectivity index (χ0n) is 17.9. The van der Waals surface area contributed by atoms with Crippen LogP contribution in [0, 0.1) is 24.4 Å². The second kappa shape index (κ2) is 9.36. The van der Waals surface area contributed by atoms with E-state index in [-0.39, 0.29) is 17.7 Å². The van der Waals surface area contributed by atoms with E-state index < -0.39 is 29.4 Å². The second-order valence-electron chi connectivity index (χ2n) is 7.90. The van der Waals surface area contributed by atoms with Gasteiger partial charge < -0.3 is 10.2 Å². The number of halogens is 3. The number of nitrogens with zero attached hydrogens (tertiary/aromatic N) is 2. The third-order valence-electron chi connectivity index (χ3n) is 5.49. The number of carbonyl (C=O) groups excluding carboxylic acids is 2. The summed E-state index contributed by atoms with van der Waals surface area (Å²) >= 11 is 0.